The van der Waals surface area contributed by atoms with Gasteiger partial charge in [-0.25, -0.2) is 0 Å². The Morgan fingerprint density at radius 2 is 0.667 bits per heavy atom. The summed E-state index contributed by atoms with van der Waals surface area (Å²) in [6.07, 6.45) is 3.05. The van der Waals surface area contributed by atoms with Gasteiger partial charge < -0.3 is 0 Å². The third kappa shape index (κ3) is 23.1. The van der Waals surface area contributed by atoms with Crippen molar-refractivity contribution in [3.05, 3.63) is 0 Å². The fraction of sp³-hybridized carbons (Fsp3) is 1.00. The van der Waals surface area contributed by atoms with Crippen LogP contribution in [0.1, 0.15) is 0 Å². The van der Waals surface area contributed by atoms with E-state index in [4.69, 9.17) is 0 Å². The van der Waals surface area contributed by atoms with Gasteiger partial charge in [-0.1, -0.05) is 78.6 Å². The largest absolute Gasteiger partial charge is 0.133 e. The quantitative estimate of drug-likeness (QED) is 0.203. The first-order chi connectivity index (χ1) is 8.46. The average Bonchev–Trinajstić information content (AvgIpc) is 2.07. The molecule has 0 saturated heterocycles. The predicted molar refractivity (Wildman–Crippen MR) is 120 cm³/mol. The van der Waals surface area contributed by atoms with Crippen molar-refractivity contribution >= 4 is 46.9 Å². The SMILES string of the molecule is C[Si](C)(C)PCCP[Si](C)(C)C.C[Si](C)(C)[Si](C)(C)C.[Nd]. The smallest absolute Gasteiger partial charge is 0.0685 e. The molecule has 0 spiro atoms. The molecule has 0 aliphatic carbocycles. The van der Waals surface area contributed by atoms with Crippen LogP contribution in [0.4, 0.5) is 0 Å². The molecule has 0 heterocycles. The topological polar surface area (TPSA) is 0 Å². The van der Waals surface area contributed by atoms with E-state index in [0.717, 1.165) is 0 Å². The first kappa shape index (κ1) is 28.9. The van der Waals surface area contributed by atoms with Crippen molar-refractivity contribution in [1.82, 2.24) is 0 Å². The number of rotatable bonds is 6. The fourth-order valence-corrected chi connectivity index (χ4v) is 10.1. The molecule has 2 atom stereocenters. The zero-order valence-corrected chi connectivity index (χ0v) is 26.1. The van der Waals surface area contributed by atoms with Gasteiger partial charge in [0.15, 0.2) is 0 Å². The minimum Gasteiger partial charge on any atom is -0.133 e. The molecule has 2 unspecified atom stereocenters. The zero-order valence-electron chi connectivity index (χ0n) is 16.9. The van der Waals surface area contributed by atoms with Gasteiger partial charge in [0.2, 0.25) is 0 Å². The van der Waals surface area contributed by atoms with Crippen molar-refractivity contribution in [3.8, 4) is 0 Å². The van der Waals surface area contributed by atoms with Gasteiger partial charge in [-0.2, -0.15) is 0 Å². The molecular formula is C14H42NdP2Si4. The normalized spacial score (nSPS) is 14.3. The third-order valence-corrected chi connectivity index (χ3v) is 33.2. The Morgan fingerprint density at radius 1 is 0.476 bits per heavy atom. The molecule has 0 aliphatic rings. The minimum atomic E-state index is -0.720. The maximum Gasteiger partial charge on any atom is 0.0685 e. The van der Waals surface area contributed by atoms with E-state index in [2.05, 4.69) is 78.6 Å². The van der Waals surface area contributed by atoms with E-state index < -0.39 is 30.7 Å². The van der Waals surface area contributed by atoms with Crippen molar-refractivity contribution in [1.29, 1.82) is 0 Å². The molecule has 0 rings (SSSR count). The second kappa shape index (κ2) is 11.6. The molecule has 0 aliphatic heterocycles. The molecule has 0 aromatic carbocycles. The molecule has 0 fully saturated rings. The molecule has 0 bridgehead atoms. The Morgan fingerprint density at radius 3 is 0.762 bits per heavy atom. The third-order valence-electron chi connectivity index (χ3n) is 3.69. The van der Waals surface area contributed by atoms with E-state index >= 15 is 0 Å². The summed E-state index contributed by atoms with van der Waals surface area (Å²) < 4.78 is 0. The molecule has 0 saturated carbocycles. The van der Waals surface area contributed by atoms with Crippen molar-refractivity contribution < 1.29 is 40.8 Å². The Balaban J connectivity index is -0.000000317. The van der Waals surface area contributed by atoms with Crippen LogP contribution < -0.4 is 0 Å². The fourth-order valence-electron chi connectivity index (χ4n) is 0.875. The summed E-state index contributed by atoms with van der Waals surface area (Å²) in [5.41, 5.74) is 0. The van der Waals surface area contributed by atoms with E-state index in [1.807, 2.05) is 0 Å². The molecule has 21 heavy (non-hydrogen) atoms. The van der Waals surface area contributed by atoms with Crippen LogP contribution in [0.15, 0.2) is 0 Å². The van der Waals surface area contributed by atoms with Crippen molar-refractivity contribution in [3.63, 3.8) is 0 Å². The molecule has 0 aromatic rings. The summed E-state index contributed by atoms with van der Waals surface area (Å²) in [4.78, 5) is 0. The first-order valence-electron chi connectivity index (χ1n) is 7.96. The van der Waals surface area contributed by atoms with Crippen LogP contribution in [0.2, 0.25) is 78.6 Å². The minimum absolute atomic E-state index is 0. The summed E-state index contributed by atoms with van der Waals surface area (Å²) in [6.45, 7) is 29.8. The Hall–Kier alpha value is 3.08. The average molecular weight is 529 g/mol. The maximum atomic E-state index is 2.49. The van der Waals surface area contributed by atoms with E-state index in [9.17, 15) is 0 Å². The predicted octanol–water partition coefficient (Wildman–Crippen LogP) is 6.75. The summed E-state index contributed by atoms with van der Waals surface area (Å²) >= 11 is 0. The Labute approximate surface area is 176 Å². The van der Waals surface area contributed by atoms with Gasteiger partial charge in [0.05, 0.1) is 15.5 Å². The van der Waals surface area contributed by atoms with Gasteiger partial charge >= 0.3 is 0 Å². The summed E-state index contributed by atoms with van der Waals surface area (Å²) in [5.74, 6) is 0. The van der Waals surface area contributed by atoms with Gasteiger partial charge in [-0.05, 0) is 12.3 Å². The van der Waals surface area contributed by atoms with Crippen molar-refractivity contribution in [2.45, 2.75) is 78.6 Å². The van der Waals surface area contributed by atoms with Gasteiger partial charge in [0.25, 0.3) is 0 Å². The molecule has 0 aromatic heterocycles. The van der Waals surface area contributed by atoms with Gasteiger partial charge in [0.1, 0.15) is 0 Å². The van der Waals surface area contributed by atoms with Crippen LogP contribution in [-0.2, 0) is 0 Å². The Kier molecular flexibility index (Phi) is 16.0. The van der Waals surface area contributed by atoms with Crippen LogP contribution >= 0.6 is 16.3 Å². The molecule has 0 radical (unpaired) electrons. The van der Waals surface area contributed by atoms with Crippen molar-refractivity contribution in [2.75, 3.05) is 12.3 Å². The van der Waals surface area contributed by atoms with Crippen LogP contribution in [0.3, 0.4) is 0 Å². The molecule has 0 N–H and O–H groups in total. The number of hydrogen-bond acceptors (Lipinski definition) is 0. The summed E-state index contributed by atoms with van der Waals surface area (Å²) in [7, 11) is -0.261. The Bertz CT molecular complexity index is 232. The molecule has 0 nitrogen and oxygen atoms in total. The van der Waals surface area contributed by atoms with Gasteiger partial charge in [-0.3, -0.25) is 0 Å². The van der Waals surface area contributed by atoms with Crippen LogP contribution in [0.25, 0.3) is 0 Å². The van der Waals surface area contributed by atoms with Gasteiger partial charge in [0, 0.05) is 56.0 Å². The van der Waals surface area contributed by atoms with Gasteiger partial charge in [-0.15, -0.1) is 16.3 Å². The van der Waals surface area contributed by atoms with E-state index in [1.54, 1.807) is 0 Å². The van der Waals surface area contributed by atoms with Crippen LogP contribution in [-0.4, -0.2) is 43.0 Å². The standard InChI is InChI=1S/C8H24P2Si2.C6H18Si2.Nd/c1-11(2,3)9-7-8-10-12(4,5)6;1-7(2,3)8(4,5)6;/h9-10H,7-8H2,1-6H3;1-6H3;. The molecule has 128 valence electrons. The second-order valence-electron chi connectivity index (χ2n) is 9.85. The second-order valence-corrected chi connectivity index (χ2v) is 49.7. The molecule has 7 heteroatoms. The monoisotopic (exact) mass is 526 g/mol. The molecule has 0 amide bonds. The zero-order chi connectivity index (χ0) is 16.8. The van der Waals surface area contributed by atoms with Crippen molar-refractivity contribution in [2.24, 2.45) is 0 Å². The van der Waals surface area contributed by atoms with E-state index in [1.165, 1.54) is 28.6 Å². The summed E-state index contributed by atoms with van der Waals surface area (Å²) in [5, 5.41) is 0. The van der Waals surface area contributed by atoms with Crippen LogP contribution in [0, 0.1) is 40.8 Å². The van der Waals surface area contributed by atoms with E-state index in [0.29, 0.717) is 0 Å². The number of hydrogen-bond donors (Lipinski definition) is 0. The van der Waals surface area contributed by atoms with Crippen LogP contribution in [0.5, 0.6) is 0 Å². The first-order valence-corrected chi connectivity index (χ1v) is 27.4. The molecular weight excluding hydrogens is 487 g/mol. The summed E-state index contributed by atoms with van der Waals surface area (Å²) in [6, 6.07) is 0. The van der Waals surface area contributed by atoms with E-state index in [-0.39, 0.29) is 40.8 Å². The maximum absolute atomic E-state index is 2.49.